The molecule has 3 N–H and O–H groups in total. The van der Waals surface area contributed by atoms with Gasteiger partial charge in [0.15, 0.2) is 0 Å². The van der Waals surface area contributed by atoms with Crippen LogP contribution >= 0.6 is 0 Å². The Labute approximate surface area is 98.6 Å². The third-order valence-electron chi connectivity index (χ3n) is 3.43. The number of amides is 2. The third kappa shape index (κ3) is 3.67. The maximum absolute atomic E-state index is 11.9. The van der Waals surface area contributed by atoms with E-state index in [0.717, 1.165) is 25.9 Å². The third-order valence-corrected chi connectivity index (χ3v) is 3.43. The molecule has 1 aliphatic rings. The molecule has 0 aromatic rings. The summed E-state index contributed by atoms with van der Waals surface area (Å²) in [6.45, 7) is 5.50. The van der Waals surface area contributed by atoms with Crippen molar-refractivity contribution in [1.29, 1.82) is 0 Å². The van der Waals surface area contributed by atoms with Crippen molar-refractivity contribution < 1.29 is 4.79 Å². The molecule has 0 bridgehead atoms. The summed E-state index contributed by atoms with van der Waals surface area (Å²) in [5.74, 6) is 0. The molecule has 0 aromatic heterocycles. The molecule has 1 saturated carbocycles. The Bertz CT molecular complexity index is 216. The van der Waals surface area contributed by atoms with Crippen LogP contribution < -0.4 is 11.1 Å². The number of nitrogens with one attached hydrogen (secondary N) is 1. The summed E-state index contributed by atoms with van der Waals surface area (Å²) in [4.78, 5) is 13.7. The largest absolute Gasteiger partial charge is 0.334 e. The Morgan fingerprint density at radius 1 is 1.25 bits per heavy atom. The fourth-order valence-electron chi connectivity index (χ4n) is 2.28. The highest BCUT2D eigenvalue weighted by Crippen LogP contribution is 2.16. The van der Waals surface area contributed by atoms with E-state index in [2.05, 4.69) is 5.32 Å². The van der Waals surface area contributed by atoms with Gasteiger partial charge in [-0.25, -0.2) is 4.79 Å². The van der Waals surface area contributed by atoms with E-state index in [9.17, 15) is 4.79 Å². The zero-order valence-corrected chi connectivity index (χ0v) is 10.5. The lowest BCUT2D eigenvalue weighted by atomic mass is 10.0. The molecule has 0 saturated heterocycles. The van der Waals surface area contributed by atoms with Gasteiger partial charge in [0.2, 0.25) is 0 Å². The molecule has 2 atom stereocenters. The van der Waals surface area contributed by atoms with Gasteiger partial charge in [-0.05, 0) is 26.7 Å². The Hall–Kier alpha value is -0.770. The molecule has 4 nitrogen and oxygen atoms in total. The summed E-state index contributed by atoms with van der Waals surface area (Å²) < 4.78 is 0. The maximum Gasteiger partial charge on any atom is 0.317 e. The number of rotatable bonds is 3. The molecular formula is C12H25N3O. The summed E-state index contributed by atoms with van der Waals surface area (Å²) in [6, 6.07) is 0.324. The van der Waals surface area contributed by atoms with Crippen molar-refractivity contribution in [3.8, 4) is 0 Å². The second-order valence-corrected chi connectivity index (χ2v) is 4.53. The molecule has 1 rings (SSSR count). The van der Waals surface area contributed by atoms with Crippen LogP contribution in [0.5, 0.6) is 0 Å². The lowest BCUT2D eigenvalue weighted by Gasteiger charge is -2.27. The quantitative estimate of drug-likeness (QED) is 0.721. The van der Waals surface area contributed by atoms with Crippen LogP contribution in [0.25, 0.3) is 0 Å². The number of nitrogens with two attached hydrogens (primary N) is 1. The molecule has 4 heteroatoms. The number of carbonyl (C=O) groups excluding carboxylic acids is 1. The maximum atomic E-state index is 11.9. The highest BCUT2D eigenvalue weighted by Gasteiger charge is 2.23. The van der Waals surface area contributed by atoms with E-state index < -0.39 is 0 Å². The average Bonchev–Trinajstić information content (AvgIpc) is 2.46. The zero-order valence-electron chi connectivity index (χ0n) is 10.5. The van der Waals surface area contributed by atoms with Crippen LogP contribution in [0.4, 0.5) is 4.79 Å². The van der Waals surface area contributed by atoms with Gasteiger partial charge in [0.25, 0.3) is 0 Å². The van der Waals surface area contributed by atoms with Gasteiger partial charge in [0.05, 0.1) is 0 Å². The lowest BCUT2D eigenvalue weighted by molar-refractivity contribution is 0.196. The van der Waals surface area contributed by atoms with Gasteiger partial charge in [0.1, 0.15) is 0 Å². The molecule has 1 aliphatic carbocycles. The van der Waals surface area contributed by atoms with Crippen molar-refractivity contribution in [3.05, 3.63) is 0 Å². The SMILES string of the molecule is CCN(CC)C(=O)NC1CCCCCC1N. The zero-order chi connectivity index (χ0) is 12.0. The first-order chi connectivity index (χ1) is 7.69. The molecule has 1 fully saturated rings. The number of carbonyl (C=O) groups is 1. The van der Waals surface area contributed by atoms with Gasteiger partial charge >= 0.3 is 6.03 Å². The lowest BCUT2D eigenvalue weighted by Crippen LogP contribution is -2.51. The monoisotopic (exact) mass is 227 g/mol. The summed E-state index contributed by atoms with van der Waals surface area (Å²) >= 11 is 0. The minimum absolute atomic E-state index is 0.0346. The van der Waals surface area contributed by atoms with Gasteiger partial charge in [0, 0.05) is 25.2 Å². The first-order valence-electron chi connectivity index (χ1n) is 6.50. The van der Waals surface area contributed by atoms with Gasteiger partial charge in [-0.3, -0.25) is 0 Å². The smallest absolute Gasteiger partial charge is 0.317 e. The molecule has 16 heavy (non-hydrogen) atoms. The van der Waals surface area contributed by atoms with Gasteiger partial charge in [-0.1, -0.05) is 19.3 Å². The van der Waals surface area contributed by atoms with E-state index in [1.54, 1.807) is 4.90 Å². The summed E-state index contributed by atoms with van der Waals surface area (Å²) in [6.07, 6.45) is 5.67. The average molecular weight is 227 g/mol. The van der Waals surface area contributed by atoms with Crippen molar-refractivity contribution in [2.75, 3.05) is 13.1 Å². The van der Waals surface area contributed by atoms with Crippen molar-refractivity contribution in [2.24, 2.45) is 5.73 Å². The van der Waals surface area contributed by atoms with Crippen molar-refractivity contribution in [2.45, 2.75) is 58.0 Å². The van der Waals surface area contributed by atoms with Gasteiger partial charge in [-0.2, -0.15) is 0 Å². The van der Waals surface area contributed by atoms with Gasteiger partial charge in [-0.15, -0.1) is 0 Å². The molecular weight excluding hydrogens is 202 g/mol. The minimum atomic E-state index is 0.0346. The predicted octanol–water partition coefficient (Wildman–Crippen LogP) is 1.70. The normalized spacial score (nSPS) is 25.9. The fourth-order valence-corrected chi connectivity index (χ4v) is 2.28. The molecule has 2 amide bonds. The Balaban J connectivity index is 2.47. The summed E-state index contributed by atoms with van der Waals surface area (Å²) in [5, 5.41) is 3.07. The molecule has 0 spiro atoms. The van der Waals surface area contributed by atoms with Crippen LogP contribution in [0.3, 0.4) is 0 Å². The molecule has 0 heterocycles. The van der Waals surface area contributed by atoms with Crippen LogP contribution in [0.15, 0.2) is 0 Å². The summed E-state index contributed by atoms with van der Waals surface area (Å²) in [7, 11) is 0. The number of urea groups is 1. The second-order valence-electron chi connectivity index (χ2n) is 4.53. The van der Waals surface area contributed by atoms with E-state index in [1.165, 1.54) is 19.3 Å². The van der Waals surface area contributed by atoms with Crippen LogP contribution in [0.2, 0.25) is 0 Å². The second kappa shape index (κ2) is 6.74. The van der Waals surface area contributed by atoms with E-state index in [-0.39, 0.29) is 18.1 Å². The Kier molecular flexibility index (Phi) is 5.60. The molecule has 94 valence electrons. The molecule has 0 aliphatic heterocycles. The molecule has 2 unspecified atom stereocenters. The molecule has 0 aromatic carbocycles. The molecule has 0 radical (unpaired) electrons. The Morgan fingerprint density at radius 3 is 2.50 bits per heavy atom. The van der Waals surface area contributed by atoms with Crippen LogP contribution in [0, 0.1) is 0 Å². The van der Waals surface area contributed by atoms with Gasteiger partial charge < -0.3 is 16.0 Å². The first kappa shape index (κ1) is 13.3. The predicted molar refractivity (Wildman–Crippen MR) is 66.3 cm³/mol. The van der Waals surface area contributed by atoms with Crippen molar-refractivity contribution >= 4 is 6.03 Å². The van der Waals surface area contributed by atoms with E-state index >= 15 is 0 Å². The Morgan fingerprint density at radius 2 is 1.88 bits per heavy atom. The van der Waals surface area contributed by atoms with Crippen molar-refractivity contribution in [1.82, 2.24) is 10.2 Å². The van der Waals surface area contributed by atoms with Crippen molar-refractivity contribution in [3.63, 3.8) is 0 Å². The van der Waals surface area contributed by atoms with E-state index in [4.69, 9.17) is 5.73 Å². The standard InChI is InChI=1S/C12H25N3O/c1-3-15(4-2)12(16)14-11-9-7-5-6-8-10(11)13/h10-11H,3-9,13H2,1-2H3,(H,14,16). The number of nitrogens with zero attached hydrogens (tertiary/aromatic N) is 1. The van der Waals surface area contributed by atoms with Crippen LogP contribution in [-0.2, 0) is 0 Å². The highest BCUT2D eigenvalue weighted by molar-refractivity contribution is 5.74. The highest BCUT2D eigenvalue weighted by atomic mass is 16.2. The minimum Gasteiger partial charge on any atom is -0.334 e. The summed E-state index contributed by atoms with van der Waals surface area (Å²) in [5.41, 5.74) is 6.08. The number of hydrogen-bond acceptors (Lipinski definition) is 2. The first-order valence-corrected chi connectivity index (χ1v) is 6.50. The van der Waals surface area contributed by atoms with E-state index in [0.29, 0.717) is 0 Å². The van der Waals surface area contributed by atoms with Crippen LogP contribution in [0.1, 0.15) is 46.0 Å². The van der Waals surface area contributed by atoms with E-state index in [1.807, 2.05) is 13.8 Å². The fraction of sp³-hybridized carbons (Fsp3) is 0.917. The topological polar surface area (TPSA) is 58.4 Å². The van der Waals surface area contributed by atoms with Crippen LogP contribution in [-0.4, -0.2) is 36.1 Å². The number of hydrogen-bond donors (Lipinski definition) is 2.